The Bertz CT molecular complexity index is 604. The van der Waals surface area contributed by atoms with Gasteiger partial charge < -0.3 is 0 Å². The van der Waals surface area contributed by atoms with Crippen molar-refractivity contribution in [3.05, 3.63) is 59.7 Å². The van der Waals surface area contributed by atoms with E-state index in [1.54, 1.807) is 12.5 Å². The molecule has 1 fully saturated rings. The zero-order valence-corrected chi connectivity index (χ0v) is 11.7. The Morgan fingerprint density at radius 1 is 1.19 bits per heavy atom. The van der Waals surface area contributed by atoms with Crippen molar-refractivity contribution in [2.24, 2.45) is 0 Å². The van der Waals surface area contributed by atoms with E-state index in [1.165, 1.54) is 12.1 Å². The second-order valence-electron chi connectivity index (χ2n) is 5.35. The normalized spacial score (nSPS) is 19.6. The molecule has 3 rings (SSSR count). The predicted octanol–water partition coefficient (Wildman–Crippen LogP) is 3.48. The summed E-state index contributed by atoms with van der Waals surface area (Å²) < 4.78 is 26.8. The zero-order valence-electron chi connectivity index (χ0n) is 11.7. The molecule has 1 aliphatic heterocycles. The summed E-state index contributed by atoms with van der Waals surface area (Å²) in [6, 6.07) is 5.85. The molecule has 0 N–H and O–H groups in total. The van der Waals surface area contributed by atoms with Crippen molar-refractivity contribution in [2.75, 3.05) is 6.54 Å². The van der Waals surface area contributed by atoms with Gasteiger partial charge in [-0.1, -0.05) is 12.5 Å². The Morgan fingerprint density at radius 2 is 2.10 bits per heavy atom. The molecule has 21 heavy (non-hydrogen) atoms. The molecule has 1 aromatic carbocycles. The van der Waals surface area contributed by atoms with E-state index in [0.29, 0.717) is 12.1 Å². The van der Waals surface area contributed by atoms with Crippen molar-refractivity contribution in [3.8, 4) is 0 Å². The Kier molecular flexibility index (Phi) is 4.20. The number of rotatable bonds is 3. The van der Waals surface area contributed by atoms with Gasteiger partial charge in [0.2, 0.25) is 0 Å². The van der Waals surface area contributed by atoms with Gasteiger partial charge in [0.1, 0.15) is 18.0 Å². The van der Waals surface area contributed by atoms with Gasteiger partial charge in [-0.05, 0) is 31.5 Å². The fourth-order valence-corrected chi connectivity index (χ4v) is 2.88. The minimum Gasteiger partial charge on any atom is -0.290 e. The molecule has 0 saturated carbocycles. The maximum Gasteiger partial charge on any atom is 0.130 e. The van der Waals surface area contributed by atoms with Crippen LogP contribution in [-0.4, -0.2) is 21.4 Å². The van der Waals surface area contributed by atoms with Gasteiger partial charge in [0.15, 0.2) is 0 Å². The average molecular weight is 289 g/mol. The van der Waals surface area contributed by atoms with E-state index in [0.717, 1.165) is 37.6 Å². The number of halogens is 2. The molecular weight excluding hydrogens is 272 g/mol. The maximum absolute atomic E-state index is 13.8. The molecule has 3 nitrogen and oxygen atoms in total. The lowest BCUT2D eigenvalue weighted by atomic mass is 9.98. The smallest absolute Gasteiger partial charge is 0.130 e. The van der Waals surface area contributed by atoms with Crippen molar-refractivity contribution in [2.45, 2.75) is 31.8 Å². The first-order chi connectivity index (χ1) is 10.2. The molecule has 1 aromatic heterocycles. The summed E-state index contributed by atoms with van der Waals surface area (Å²) in [4.78, 5) is 10.5. The van der Waals surface area contributed by atoms with E-state index in [-0.39, 0.29) is 6.04 Å². The van der Waals surface area contributed by atoms with Gasteiger partial charge in [-0.3, -0.25) is 4.90 Å². The molecule has 0 spiro atoms. The van der Waals surface area contributed by atoms with Crippen molar-refractivity contribution >= 4 is 0 Å². The summed E-state index contributed by atoms with van der Waals surface area (Å²) in [5, 5.41) is 0. The average Bonchev–Trinajstić information content (AvgIpc) is 2.51. The molecule has 1 aliphatic rings. The molecule has 0 unspecified atom stereocenters. The number of hydrogen-bond acceptors (Lipinski definition) is 3. The first-order valence-electron chi connectivity index (χ1n) is 7.18. The van der Waals surface area contributed by atoms with Crippen LogP contribution in [0, 0.1) is 11.6 Å². The summed E-state index contributed by atoms with van der Waals surface area (Å²) in [6.07, 6.45) is 6.50. The highest BCUT2D eigenvalue weighted by Crippen LogP contribution is 2.31. The van der Waals surface area contributed by atoms with E-state index in [1.807, 2.05) is 6.07 Å². The third-order valence-corrected chi connectivity index (χ3v) is 3.95. The Hall–Kier alpha value is -1.88. The van der Waals surface area contributed by atoms with E-state index < -0.39 is 11.6 Å². The lowest BCUT2D eigenvalue weighted by Gasteiger charge is -2.35. The lowest BCUT2D eigenvalue weighted by Crippen LogP contribution is -2.33. The van der Waals surface area contributed by atoms with Gasteiger partial charge in [0.05, 0.1) is 11.7 Å². The Morgan fingerprint density at radius 3 is 2.86 bits per heavy atom. The summed E-state index contributed by atoms with van der Waals surface area (Å²) >= 11 is 0. The van der Waals surface area contributed by atoms with Crippen LogP contribution >= 0.6 is 0 Å². The van der Waals surface area contributed by atoms with Crippen LogP contribution < -0.4 is 0 Å². The second-order valence-corrected chi connectivity index (χ2v) is 5.35. The first-order valence-corrected chi connectivity index (χ1v) is 7.18. The maximum atomic E-state index is 13.8. The molecule has 0 radical (unpaired) electrons. The van der Waals surface area contributed by atoms with Crippen molar-refractivity contribution < 1.29 is 8.78 Å². The Labute approximate surface area is 122 Å². The number of benzene rings is 1. The standard InChI is InChI=1S/C16H17F2N3/c17-13-5-4-12(14(18)9-13)10-21-8-2-1-3-16(21)15-6-7-19-11-20-15/h4-7,9,11,16H,1-3,8,10H2/t16-/m0/s1. The van der Waals surface area contributed by atoms with E-state index in [9.17, 15) is 8.78 Å². The van der Waals surface area contributed by atoms with Gasteiger partial charge in [-0.25, -0.2) is 18.7 Å². The van der Waals surface area contributed by atoms with Crippen LogP contribution in [0.25, 0.3) is 0 Å². The van der Waals surface area contributed by atoms with Gasteiger partial charge in [0, 0.05) is 24.4 Å². The highest BCUT2D eigenvalue weighted by atomic mass is 19.1. The van der Waals surface area contributed by atoms with Crippen LogP contribution in [0.1, 0.15) is 36.6 Å². The second kappa shape index (κ2) is 6.26. The van der Waals surface area contributed by atoms with Crippen LogP contribution in [0.5, 0.6) is 0 Å². The van der Waals surface area contributed by atoms with Crippen molar-refractivity contribution in [1.82, 2.24) is 14.9 Å². The van der Waals surface area contributed by atoms with Crippen molar-refractivity contribution in [3.63, 3.8) is 0 Å². The van der Waals surface area contributed by atoms with Crippen LogP contribution in [0.2, 0.25) is 0 Å². The summed E-state index contributed by atoms with van der Waals surface area (Å²) in [5.41, 5.74) is 1.49. The Balaban J connectivity index is 1.81. The zero-order chi connectivity index (χ0) is 14.7. The van der Waals surface area contributed by atoms with Gasteiger partial charge in [0.25, 0.3) is 0 Å². The van der Waals surface area contributed by atoms with Crippen LogP contribution in [-0.2, 0) is 6.54 Å². The topological polar surface area (TPSA) is 29.0 Å². The summed E-state index contributed by atoms with van der Waals surface area (Å²) in [5.74, 6) is -1.02. The van der Waals surface area contributed by atoms with Crippen LogP contribution in [0.4, 0.5) is 8.78 Å². The highest BCUT2D eigenvalue weighted by molar-refractivity contribution is 5.19. The molecule has 1 saturated heterocycles. The molecule has 0 bridgehead atoms. The number of piperidine rings is 1. The SMILES string of the molecule is Fc1ccc(CN2CCCC[C@H]2c2ccncn2)c(F)c1. The van der Waals surface area contributed by atoms with Crippen molar-refractivity contribution in [1.29, 1.82) is 0 Å². The van der Waals surface area contributed by atoms with E-state index in [2.05, 4.69) is 14.9 Å². The number of nitrogens with zero attached hydrogens (tertiary/aromatic N) is 3. The van der Waals surface area contributed by atoms with Gasteiger partial charge in [-0.15, -0.1) is 0 Å². The molecule has 1 atom stereocenters. The van der Waals surface area contributed by atoms with Crippen LogP contribution in [0.15, 0.2) is 36.8 Å². The molecular formula is C16H17F2N3. The molecule has 2 heterocycles. The fraction of sp³-hybridized carbons (Fsp3) is 0.375. The number of aromatic nitrogens is 2. The lowest BCUT2D eigenvalue weighted by molar-refractivity contribution is 0.135. The van der Waals surface area contributed by atoms with Crippen LogP contribution in [0.3, 0.4) is 0 Å². The van der Waals surface area contributed by atoms with E-state index >= 15 is 0 Å². The third kappa shape index (κ3) is 3.24. The molecule has 0 amide bonds. The fourth-order valence-electron chi connectivity index (χ4n) is 2.88. The molecule has 110 valence electrons. The number of likely N-dealkylation sites (tertiary alicyclic amines) is 1. The minimum absolute atomic E-state index is 0.172. The molecule has 0 aliphatic carbocycles. The largest absolute Gasteiger partial charge is 0.290 e. The van der Waals surface area contributed by atoms with E-state index in [4.69, 9.17) is 0 Å². The van der Waals surface area contributed by atoms with Gasteiger partial charge in [-0.2, -0.15) is 0 Å². The third-order valence-electron chi connectivity index (χ3n) is 3.95. The monoisotopic (exact) mass is 289 g/mol. The summed E-state index contributed by atoms with van der Waals surface area (Å²) in [7, 11) is 0. The number of hydrogen-bond donors (Lipinski definition) is 0. The minimum atomic E-state index is -0.540. The predicted molar refractivity (Wildman–Crippen MR) is 75.4 cm³/mol. The molecule has 5 heteroatoms. The molecule has 2 aromatic rings. The summed E-state index contributed by atoms with van der Waals surface area (Å²) in [6.45, 7) is 1.37. The first kappa shape index (κ1) is 14.1. The quantitative estimate of drug-likeness (QED) is 0.866. The van der Waals surface area contributed by atoms with Gasteiger partial charge >= 0.3 is 0 Å². The highest BCUT2D eigenvalue weighted by Gasteiger charge is 2.25.